The van der Waals surface area contributed by atoms with Crippen molar-refractivity contribution >= 4 is 115 Å². The zero-order valence-electron chi connectivity index (χ0n) is 83.5. The van der Waals surface area contributed by atoms with Crippen LogP contribution < -0.4 is 4.74 Å². The zero-order chi connectivity index (χ0) is 104. The van der Waals surface area contributed by atoms with Gasteiger partial charge in [-0.15, -0.1) is 0 Å². The van der Waals surface area contributed by atoms with Gasteiger partial charge in [0.1, 0.15) is 61.2 Å². The molecule has 26 rings (SSSR count). The Balaban J connectivity index is 0.000000109. The number of fused-ring (bicyclic) bond motifs is 8. The molecule has 0 amide bonds. The van der Waals surface area contributed by atoms with Crippen molar-refractivity contribution in [2.45, 2.75) is 67.2 Å². The van der Waals surface area contributed by atoms with Gasteiger partial charge in [0.2, 0.25) is 0 Å². The Morgan fingerprint density at radius 3 is 1.25 bits per heavy atom. The van der Waals surface area contributed by atoms with E-state index in [-0.39, 0.29) is 0 Å². The highest BCUT2D eigenvalue weighted by Crippen LogP contribution is 2.33. The van der Waals surface area contributed by atoms with Crippen LogP contribution in [0.1, 0.15) is 78.0 Å². The highest BCUT2D eigenvalue weighted by atomic mass is 35.5. The monoisotopic (exact) mass is 2080 g/mol. The number of aryl methyl sites for hydroxylation is 6. The Morgan fingerprint density at radius 1 is 0.260 bits per heavy atom. The molecule has 0 bridgehead atoms. The average molecular weight is 2080 g/mol. The van der Waals surface area contributed by atoms with Crippen LogP contribution in [0.15, 0.2) is 457 Å². The Kier molecular flexibility index (Phi) is 32.5. The number of ether oxygens (including phenoxy) is 1. The van der Waals surface area contributed by atoms with E-state index in [4.69, 9.17) is 94.3 Å². The molecule has 0 aliphatic carbocycles. The van der Waals surface area contributed by atoms with Gasteiger partial charge >= 0.3 is 0 Å². The summed E-state index contributed by atoms with van der Waals surface area (Å²) >= 11 is 35.2. The van der Waals surface area contributed by atoms with Gasteiger partial charge in [-0.3, -0.25) is 13.2 Å². The first kappa shape index (κ1) is 102. The highest BCUT2D eigenvalue weighted by Gasteiger charge is 2.18. The largest absolute Gasteiger partial charge is 0.497 e. The summed E-state index contributed by atoms with van der Waals surface area (Å²) in [5.41, 5.74) is 38.4. The minimum Gasteiger partial charge on any atom is -0.497 e. The first-order valence-corrected chi connectivity index (χ1v) is 51.3. The highest BCUT2D eigenvalue weighted by molar-refractivity contribution is 6.41. The van der Waals surface area contributed by atoms with Gasteiger partial charge in [0.25, 0.3) is 0 Å². The fraction of sp³-hybridized carbons (Fsp3) is 0.0866. The molecule has 0 aliphatic heterocycles. The van der Waals surface area contributed by atoms with Gasteiger partial charge in [-0.1, -0.05) is 336 Å². The third-order valence-corrected chi connectivity index (χ3v) is 27.5. The molecule has 16 aromatic heterocycles. The van der Waals surface area contributed by atoms with Gasteiger partial charge in [0, 0.05) is 125 Å². The number of hydrogen-bond acceptors (Lipinski definition) is 9. The van der Waals surface area contributed by atoms with Crippen molar-refractivity contribution < 1.29 is 4.74 Å². The fourth-order valence-electron chi connectivity index (χ4n) is 17.6. The van der Waals surface area contributed by atoms with Crippen LogP contribution in [-0.4, -0.2) is 82.2 Å². The lowest BCUT2D eigenvalue weighted by atomic mass is 10.0. The first-order chi connectivity index (χ1) is 73.2. The first-order valence-electron chi connectivity index (χ1n) is 49.0. The molecular weight excluding hydrogens is 1980 g/mol. The minimum atomic E-state index is 0.345. The number of methoxy groups -OCH3 is 1. The summed E-state index contributed by atoms with van der Waals surface area (Å²) in [5.74, 6) is 0.855. The predicted molar refractivity (Wildman–Crippen MR) is 616 cm³/mol. The molecule has 150 heavy (non-hydrogen) atoms. The second-order valence-corrected chi connectivity index (χ2v) is 38.7. The van der Waals surface area contributed by atoms with Gasteiger partial charge in [0.05, 0.1) is 53.0 Å². The fourth-order valence-corrected chi connectivity index (χ4v) is 18.6. The molecule has 740 valence electrons. The number of aromatic nitrogens is 16. The summed E-state index contributed by atoms with van der Waals surface area (Å²) in [6, 6.07) is 126. The minimum absolute atomic E-state index is 0.345. The van der Waals surface area contributed by atoms with Crippen LogP contribution in [0.5, 0.6) is 5.75 Å². The van der Waals surface area contributed by atoms with Crippen LogP contribution in [0.2, 0.25) is 30.7 Å². The van der Waals surface area contributed by atoms with E-state index in [1.807, 2.05) is 226 Å². The summed E-state index contributed by atoms with van der Waals surface area (Å²) in [5, 5.41) is 3.54. The topological polar surface area (TPSA) is 148 Å². The standard InChI is InChI=1S/C23H22N2.C22H20N2O.C21H17ClN2.C21H18N2.2C13H9ClN2.C7H4Cl2N2.C7H5ClN2/c1-16-4-8-19(9-5-16)14-20-12-13-25-18(3)23(24-22(25)15-20)21-10-6-17(2)7-11-21;1-16-14-24-15-21(18-8-10-20(25-2)11-9-18)23-22(24)13-19(16)12-17-6-4-3-5-7-17;1-15-11-12-24-14-20(17-7-9-18(22)10-8-17)23-21(24)19(15)13-16-5-3-2-4-6-16;1-16-14-23-15-20(18-10-6-3-7-11-18)22-21(23)13-19(16)12-17-8-4-2-5-9-17;14-11-6-7-13-15-12(9-16(13)8-11)10-4-2-1-3-5-10;14-12-9-15-13-8-11(6-7-16(12)13)10-4-2-1-3-5-10;8-6-7(9)11-4-2-1-3-5(11)10-6;8-6-5-9-7-3-1-2-4-10(6)7/h4-13,15H,14H2,1-3H3;3-11,13-15H,12H2,1-2H3;2-12,14H,13H2,1H3;2-11,13-15H,12H2,1H3;2*1-9H;1-4H;1-5H. The summed E-state index contributed by atoms with van der Waals surface area (Å²) in [6.45, 7) is 12.8. The van der Waals surface area contributed by atoms with E-state index in [9.17, 15) is 0 Å². The molecule has 17 nitrogen and oxygen atoms in total. The van der Waals surface area contributed by atoms with Crippen molar-refractivity contribution in [3.8, 4) is 73.2 Å². The summed E-state index contributed by atoms with van der Waals surface area (Å²) < 4.78 is 21.1. The number of nitrogens with zero attached hydrogens (tertiary/aromatic N) is 16. The van der Waals surface area contributed by atoms with Crippen molar-refractivity contribution in [3.63, 3.8) is 0 Å². The second-order valence-electron chi connectivity index (χ2n) is 36.3. The van der Waals surface area contributed by atoms with E-state index in [0.29, 0.717) is 25.6 Å². The maximum atomic E-state index is 5.99. The van der Waals surface area contributed by atoms with Crippen LogP contribution in [0.25, 0.3) is 113 Å². The van der Waals surface area contributed by atoms with Crippen molar-refractivity contribution in [3.05, 3.63) is 565 Å². The Bertz CT molecular complexity index is 9010. The van der Waals surface area contributed by atoms with Crippen LogP contribution in [0.3, 0.4) is 0 Å². The lowest BCUT2D eigenvalue weighted by Gasteiger charge is -2.07. The molecule has 23 heteroatoms. The molecule has 26 aromatic rings. The molecule has 0 saturated carbocycles. The number of imidazole rings is 8. The molecule has 0 saturated heterocycles. The molecule has 0 atom stereocenters. The summed E-state index contributed by atoms with van der Waals surface area (Å²) in [6.07, 6.45) is 31.3. The number of benzene rings is 10. The third-order valence-electron chi connectivity index (χ3n) is 25.7. The molecule has 0 unspecified atom stereocenters. The van der Waals surface area contributed by atoms with Gasteiger partial charge in [0.15, 0.2) is 10.3 Å². The number of hydrogen-bond donors (Lipinski definition) is 0. The van der Waals surface area contributed by atoms with Crippen LogP contribution in [0.4, 0.5) is 0 Å². The van der Waals surface area contributed by atoms with Crippen LogP contribution in [0, 0.1) is 41.5 Å². The van der Waals surface area contributed by atoms with Gasteiger partial charge in [-0.2, -0.15) is 0 Å². The van der Waals surface area contributed by atoms with E-state index < -0.39 is 0 Å². The number of halogens is 6. The van der Waals surface area contributed by atoms with Gasteiger partial charge < -0.3 is 26.7 Å². The van der Waals surface area contributed by atoms with E-state index in [2.05, 4.69) is 311 Å². The molecular formula is C127H104Cl6N16O. The molecule has 10 aromatic carbocycles. The smallest absolute Gasteiger partial charge is 0.167 e. The molecule has 16 heterocycles. The Labute approximate surface area is 900 Å². The quantitative estimate of drug-likeness (QED) is 0.0978. The van der Waals surface area contributed by atoms with Crippen LogP contribution in [-0.2, 0) is 25.7 Å². The Hall–Kier alpha value is -16.7. The van der Waals surface area contributed by atoms with Gasteiger partial charge in [-0.25, -0.2) is 39.9 Å². The average Bonchev–Trinajstić information content (AvgIpc) is 1.64. The lowest BCUT2D eigenvalue weighted by molar-refractivity contribution is 0.415. The SMILES string of the molecule is COc1ccc(-c2cn3cc(C)c(Cc4ccccc4)cc3n2)cc1.Cc1ccc(Cc2ccn3c(C)c(-c4ccc(C)cc4)nc3c2)cc1.Cc1ccn2cc(-c3ccc(Cl)cc3)nc2c1Cc1ccccc1.Cc1cn2cc(-c3ccccc3)nc2cc1Cc1ccccc1.Clc1ccc2nc(-c3ccccc3)cn2c1.Clc1cnc2cc(-c3ccccc3)ccn12.Clc1cnc2ccccn12.Clc1nc2ccccn2c1Cl. The van der Waals surface area contributed by atoms with E-state index >= 15 is 0 Å². The summed E-state index contributed by atoms with van der Waals surface area (Å²) in [4.78, 5) is 36.2. The predicted octanol–water partition coefficient (Wildman–Crippen LogP) is 32.8. The van der Waals surface area contributed by atoms with E-state index in [1.165, 1.54) is 89.1 Å². The van der Waals surface area contributed by atoms with Gasteiger partial charge in [-0.05, 0) is 243 Å². The molecule has 0 spiro atoms. The van der Waals surface area contributed by atoms with E-state index in [0.717, 1.165) is 138 Å². The number of rotatable bonds is 15. The maximum Gasteiger partial charge on any atom is 0.167 e. The molecule has 0 N–H and O–H groups in total. The van der Waals surface area contributed by atoms with Crippen molar-refractivity contribution in [1.82, 2.24) is 75.1 Å². The van der Waals surface area contributed by atoms with Crippen LogP contribution >= 0.6 is 69.6 Å². The third kappa shape index (κ3) is 25.2. The second kappa shape index (κ2) is 47.8. The lowest BCUT2D eigenvalue weighted by Crippen LogP contribution is -1.97. The normalized spacial score (nSPS) is 10.9. The number of pyridine rings is 8. The zero-order valence-corrected chi connectivity index (χ0v) is 88.0. The summed E-state index contributed by atoms with van der Waals surface area (Å²) in [7, 11) is 1.68. The molecule has 0 radical (unpaired) electrons. The van der Waals surface area contributed by atoms with Crippen molar-refractivity contribution in [2.24, 2.45) is 0 Å². The molecule has 0 fully saturated rings. The van der Waals surface area contributed by atoms with Crippen molar-refractivity contribution in [1.29, 1.82) is 0 Å². The van der Waals surface area contributed by atoms with Crippen molar-refractivity contribution in [2.75, 3.05) is 7.11 Å². The Morgan fingerprint density at radius 2 is 0.700 bits per heavy atom. The van der Waals surface area contributed by atoms with E-state index in [1.54, 1.807) is 23.9 Å². The molecule has 0 aliphatic rings. The maximum absolute atomic E-state index is 5.99.